The third kappa shape index (κ3) is 1.87. The minimum Gasteiger partial charge on any atom is -0.0663 e. The standard InChI is InChI=1S/C19H17P/c1-14-10-11-15-6-5-7-16-12-20(13-18(14)19(15)16)17-8-3-2-4-9-17/h2-11H,12-13H2,1H3/i2D,3D,4D,5D,6D,7D,8D,9D,10D,11D,12D2,13D2. The molecule has 1 unspecified atom stereocenters. The van der Waals surface area contributed by atoms with Crippen LogP contribution in [0.4, 0.5) is 0 Å². The quantitative estimate of drug-likeness (QED) is 0.555. The summed E-state index contributed by atoms with van der Waals surface area (Å²) in [5, 5.41) is -1.10. The van der Waals surface area contributed by atoms with Gasteiger partial charge in [0, 0.05) is 5.48 Å². The van der Waals surface area contributed by atoms with Crippen LogP contribution in [0, 0.1) is 6.92 Å². The van der Waals surface area contributed by atoms with Gasteiger partial charge in [-0.25, -0.2) is 0 Å². The van der Waals surface area contributed by atoms with Gasteiger partial charge in [-0.15, -0.1) is 0 Å². The molecule has 1 atom stereocenters. The molecular formula is C19H17P. The van der Waals surface area contributed by atoms with Crippen molar-refractivity contribution in [1.82, 2.24) is 0 Å². The van der Waals surface area contributed by atoms with Gasteiger partial charge < -0.3 is 0 Å². The molecule has 0 radical (unpaired) electrons. The summed E-state index contributed by atoms with van der Waals surface area (Å²) in [6.45, 7) is 1.36. The number of hydrogen-bond acceptors (Lipinski definition) is 0. The molecule has 0 spiro atoms. The van der Waals surface area contributed by atoms with E-state index in [9.17, 15) is 0 Å². The molecule has 0 nitrogen and oxygen atoms in total. The number of benzene rings is 3. The third-order valence-corrected chi connectivity index (χ3v) is 4.60. The minimum absolute atomic E-state index is 0.0318. The summed E-state index contributed by atoms with van der Waals surface area (Å²) in [7, 11) is -2.97. The van der Waals surface area contributed by atoms with Gasteiger partial charge in [0.25, 0.3) is 0 Å². The first-order valence-electron chi connectivity index (χ1n) is 12.9. The normalized spacial score (nSPS) is 32.4. The maximum atomic E-state index is 8.99. The van der Waals surface area contributed by atoms with Crippen LogP contribution in [0.5, 0.6) is 0 Å². The Balaban J connectivity index is 2.31. The van der Waals surface area contributed by atoms with Crippen LogP contribution >= 0.6 is 7.92 Å². The lowest BCUT2D eigenvalue weighted by Gasteiger charge is -2.27. The first kappa shape index (κ1) is 4.42. The highest BCUT2D eigenvalue weighted by atomic mass is 31.1. The van der Waals surface area contributed by atoms with Crippen molar-refractivity contribution in [2.24, 2.45) is 0 Å². The van der Waals surface area contributed by atoms with Gasteiger partial charge in [0.2, 0.25) is 0 Å². The molecule has 0 amide bonds. The van der Waals surface area contributed by atoms with Crippen molar-refractivity contribution in [3.05, 3.63) is 77.1 Å². The van der Waals surface area contributed by atoms with E-state index in [4.69, 9.17) is 19.2 Å². The summed E-state index contributed by atoms with van der Waals surface area (Å²) in [4.78, 5) is 0. The fourth-order valence-electron chi connectivity index (χ4n) is 2.10. The zero-order chi connectivity index (χ0) is 25.8. The second kappa shape index (κ2) is 4.72. The Labute approximate surface area is 140 Å². The van der Waals surface area contributed by atoms with Gasteiger partial charge in [-0.05, 0) is 51.9 Å². The van der Waals surface area contributed by atoms with Crippen LogP contribution < -0.4 is 5.30 Å². The third-order valence-electron chi connectivity index (χ3n) is 3.03. The molecular weight excluding hydrogens is 259 g/mol. The molecule has 1 heterocycles. The van der Waals surface area contributed by atoms with E-state index < -0.39 is 91.4 Å². The molecule has 0 aliphatic carbocycles. The van der Waals surface area contributed by atoms with Crippen LogP contribution in [0.2, 0.25) is 0 Å². The molecule has 4 rings (SSSR count). The fourth-order valence-corrected chi connectivity index (χ4v) is 3.61. The van der Waals surface area contributed by atoms with Crippen LogP contribution in [-0.4, -0.2) is 0 Å². The van der Waals surface area contributed by atoms with Crippen molar-refractivity contribution >= 4 is 24.0 Å². The summed E-state index contributed by atoms with van der Waals surface area (Å²) < 4.78 is 118. The molecule has 1 heteroatoms. The minimum atomic E-state index is -2.97. The average Bonchev–Trinajstić information content (AvgIpc) is 2.74. The van der Waals surface area contributed by atoms with Gasteiger partial charge >= 0.3 is 0 Å². The lowest BCUT2D eigenvalue weighted by atomic mass is 9.97. The van der Waals surface area contributed by atoms with Gasteiger partial charge in [-0.3, -0.25) is 0 Å². The number of rotatable bonds is 1. The van der Waals surface area contributed by atoms with E-state index in [0.717, 1.165) is 0 Å². The summed E-state index contributed by atoms with van der Waals surface area (Å²) in [5.41, 5.74) is -0.757. The lowest BCUT2D eigenvalue weighted by molar-refractivity contribution is 1.26. The van der Waals surface area contributed by atoms with E-state index in [0.29, 0.717) is 0 Å². The van der Waals surface area contributed by atoms with E-state index in [1.165, 1.54) is 6.92 Å². The monoisotopic (exact) mass is 290 g/mol. The predicted octanol–water partition coefficient (Wildman–Crippen LogP) is 4.97. The Bertz CT molecular complexity index is 1330. The van der Waals surface area contributed by atoms with Crippen molar-refractivity contribution in [3.8, 4) is 0 Å². The average molecular weight is 290 g/mol. The number of hydrogen-bond donors (Lipinski definition) is 0. The van der Waals surface area contributed by atoms with Gasteiger partial charge in [0.15, 0.2) is 0 Å². The first-order chi connectivity index (χ1) is 15.5. The van der Waals surface area contributed by atoms with Crippen LogP contribution in [-0.2, 0) is 12.2 Å². The molecule has 98 valence electrons. The second-order valence-corrected chi connectivity index (χ2v) is 5.85. The summed E-state index contributed by atoms with van der Waals surface area (Å²) in [6, 6.07) is -6.67. The molecule has 0 bridgehead atoms. The topological polar surface area (TPSA) is 0 Å². The van der Waals surface area contributed by atoms with Crippen molar-refractivity contribution in [3.63, 3.8) is 0 Å². The summed E-state index contributed by atoms with van der Waals surface area (Å²) in [6.07, 6.45) is -5.50. The van der Waals surface area contributed by atoms with Gasteiger partial charge in [0.05, 0.1) is 13.7 Å². The largest absolute Gasteiger partial charge is 0.0663 e. The molecule has 3 aromatic carbocycles. The smallest absolute Gasteiger partial charge is 0.0629 e. The lowest BCUT2D eigenvalue weighted by Crippen LogP contribution is -2.10. The van der Waals surface area contributed by atoms with Crippen LogP contribution in [0.3, 0.4) is 0 Å². The Hall–Kier alpha value is -1.65. The first-order valence-corrected chi connectivity index (χ1v) is 7.26. The van der Waals surface area contributed by atoms with Crippen molar-refractivity contribution < 1.29 is 19.2 Å². The summed E-state index contributed by atoms with van der Waals surface area (Å²) in [5.74, 6) is 0. The van der Waals surface area contributed by atoms with Crippen LogP contribution in [0.1, 0.15) is 35.9 Å². The van der Waals surface area contributed by atoms with Crippen LogP contribution in [0.15, 0.2) is 60.4 Å². The molecule has 0 N–H and O–H groups in total. The van der Waals surface area contributed by atoms with Gasteiger partial charge in [0.1, 0.15) is 0 Å². The fraction of sp³-hybridized carbons (Fsp3) is 0.158. The predicted molar refractivity (Wildman–Crippen MR) is 89.1 cm³/mol. The zero-order valence-corrected chi connectivity index (χ0v) is 11.3. The zero-order valence-electron chi connectivity index (χ0n) is 24.4. The Morgan fingerprint density at radius 1 is 0.950 bits per heavy atom. The molecule has 1 aliphatic heterocycles. The van der Waals surface area contributed by atoms with Gasteiger partial charge in [-0.1, -0.05) is 68.3 Å². The van der Waals surface area contributed by atoms with Crippen LogP contribution in [0.25, 0.3) is 10.8 Å². The van der Waals surface area contributed by atoms with E-state index in [-0.39, 0.29) is 21.9 Å². The Morgan fingerprint density at radius 3 is 2.65 bits per heavy atom. The highest BCUT2D eigenvalue weighted by Gasteiger charge is 2.22. The van der Waals surface area contributed by atoms with Crippen molar-refractivity contribution in [2.45, 2.75) is 19.2 Å². The SMILES string of the molecule is [2H]c1c([2H])c([2H])c(P2C([2H])([2H])c3c([2H])c([2H])c([2H])c4c([2H])c([2H])c(C)c(c34)C2([2H])[2H])c([2H])c1[2H]. The van der Waals surface area contributed by atoms with E-state index in [2.05, 4.69) is 0 Å². The molecule has 0 fully saturated rings. The second-order valence-electron chi connectivity index (χ2n) is 4.28. The molecule has 20 heavy (non-hydrogen) atoms. The van der Waals surface area contributed by atoms with Gasteiger partial charge in [-0.2, -0.15) is 0 Å². The molecule has 0 saturated heterocycles. The van der Waals surface area contributed by atoms with E-state index >= 15 is 0 Å². The van der Waals surface area contributed by atoms with E-state index in [1.54, 1.807) is 0 Å². The van der Waals surface area contributed by atoms with Crippen molar-refractivity contribution in [2.75, 3.05) is 0 Å². The van der Waals surface area contributed by atoms with Crippen molar-refractivity contribution in [1.29, 1.82) is 0 Å². The van der Waals surface area contributed by atoms with E-state index in [1.807, 2.05) is 0 Å². The maximum absolute atomic E-state index is 8.99. The molecule has 1 aliphatic rings. The molecule has 0 saturated carbocycles. The molecule has 3 aromatic rings. The molecule has 0 aromatic heterocycles. The highest BCUT2D eigenvalue weighted by molar-refractivity contribution is 7.64. The highest BCUT2D eigenvalue weighted by Crippen LogP contribution is 2.49. The summed E-state index contributed by atoms with van der Waals surface area (Å²) >= 11 is 0. The maximum Gasteiger partial charge on any atom is 0.0629 e. The Morgan fingerprint density at radius 2 is 1.80 bits per heavy atom. The Kier molecular flexibility index (Phi) is 1.04.